The number of nitrogens with one attached hydrogen (secondary N) is 1. The summed E-state index contributed by atoms with van der Waals surface area (Å²) in [6.45, 7) is 14.0. The minimum atomic E-state index is -0.967. The van der Waals surface area contributed by atoms with Crippen LogP contribution in [0, 0.1) is 34.9 Å². The highest BCUT2D eigenvalue weighted by Crippen LogP contribution is 2.30. The number of carbonyl (C=O) groups excluding carboxylic acids is 2. The largest absolute Gasteiger partial charge is 0.417 e. The van der Waals surface area contributed by atoms with Gasteiger partial charge in [0.05, 0.1) is 52.0 Å². The number of aliphatic hydroxyl groups is 2. The molecule has 5 N–H and O–H groups in total. The minimum Gasteiger partial charge on any atom is -0.410 e. The number of rotatable bonds is 12. The van der Waals surface area contributed by atoms with Crippen LogP contribution in [0.1, 0.15) is 76.3 Å². The van der Waals surface area contributed by atoms with E-state index in [0.717, 1.165) is 41.3 Å². The van der Waals surface area contributed by atoms with E-state index in [1.807, 2.05) is 59.7 Å². The molecule has 0 aliphatic carbocycles. The van der Waals surface area contributed by atoms with Crippen LogP contribution in [0.3, 0.4) is 0 Å². The summed E-state index contributed by atoms with van der Waals surface area (Å²) in [5, 5.41) is 30.2. The molecule has 0 atom stereocenters. The predicted octanol–water partition coefficient (Wildman–Crippen LogP) is 10.5. The third kappa shape index (κ3) is 14.8. The number of nitrogens with zero attached hydrogens (tertiary/aromatic N) is 6. The lowest BCUT2D eigenvalue weighted by Crippen LogP contribution is -2.51. The van der Waals surface area contributed by atoms with E-state index in [1.54, 1.807) is 67.7 Å². The molecular formula is C56H61ClF6N8O5. The molecule has 4 heterocycles. The number of carbonyl (C=O) groups is 2. The molecule has 0 radical (unpaired) electrons. The maximum Gasteiger partial charge on any atom is 0.417 e. The monoisotopic (exact) mass is 1070 g/mol. The van der Waals surface area contributed by atoms with Crippen molar-refractivity contribution in [1.29, 1.82) is 0 Å². The first kappa shape index (κ1) is 58.1. The van der Waals surface area contributed by atoms with Gasteiger partial charge in [0.2, 0.25) is 0 Å². The van der Waals surface area contributed by atoms with Gasteiger partial charge in [0.15, 0.2) is 23.3 Å². The standard InChI is InChI=1S/C26H28F3N3O2.C16H15FN2O3.C14H17F2N3.ClH/c1-26(2,3)25-13-18(32(30-25)17-6-8-21(27)22(28)12-17)5-7-19(33)10-16-4-9-24(23(29)11-16)31-14-20(34)15-31;17-14-8-11(6-7-15(14)19-9-12(20)10-19)18-16(21)22-13-4-2-1-3-5-13;1-14(2,3)13-7-10(8-17)19(18-13)9-4-5-11(15)12(16)6-9;/h4,6,8-9,11-13,20,34H,5,7,10,14-15H2,1-3H3;1-8,12,20H,9-10H2,(H,18,21);4-7H,8,17H2,1-3H3;1H. The van der Waals surface area contributed by atoms with Crippen LogP contribution in [0.2, 0.25) is 0 Å². The van der Waals surface area contributed by atoms with E-state index in [-0.39, 0.29) is 48.4 Å². The topological polar surface area (TPSA) is 164 Å². The lowest BCUT2D eigenvalue weighted by Gasteiger charge is -2.38. The van der Waals surface area contributed by atoms with Crippen molar-refractivity contribution in [3.63, 3.8) is 0 Å². The number of anilines is 3. The lowest BCUT2D eigenvalue weighted by molar-refractivity contribution is -0.118. The summed E-state index contributed by atoms with van der Waals surface area (Å²) >= 11 is 0. The summed E-state index contributed by atoms with van der Waals surface area (Å²) in [5.74, 6) is -4.20. The van der Waals surface area contributed by atoms with Crippen LogP contribution in [-0.4, -0.2) is 80.0 Å². The Morgan fingerprint density at radius 2 is 1.11 bits per heavy atom. The molecular weight excluding hydrogens is 1010 g/mol. The second kappa shape index (κ2) is 24.7. The highest BCUT2D eigenvalue weighted by Gasteiger charge is 2.28. The van der Waals surface area contributed by atoms with E-state index in [1.165, 1.54) is 24.3 Å². The van der Waals surface area contributed by atoms with Crippen LogP contribution < -0.4 is 25.6 Å². The van der Waals surface area contributed by atoms with Gasteiger partial charge in [-0.25, -0.2) is 40.5 Å². The summed E-state index contributed by atoms with van der Waals surface area (Å²) in [7, 11) is 0. The van der Waals surface area contributed by atoms with Crippen molar-refractivity contribution >= 4 is 41.3 Å². The average Bonchev–Trinajstić information content (AvgIpc) is 3.98. The second-order valence-electron chi connectivity index (χ2n) is 20.4. The van der Waals surface area contributed by atoms with Crippen LogP contribution >= 0.6 is 12.4 Å². The lowest BCUT2D eigenvalue weighted by atomic mass is 9.92. The van der Waals surface area contributed by atoms with Crippen molar-refractivity contribution in [1.82, 2.24) is 19.6 Å². The molecule has 7 aromatic rings. The average molecular weight is 1080 g/mol. The molecule has 13 nitrogen and oxygen atoms in total. The molecule has 0 saturated carbocycles. The number of hydrogen-bond donors (Lipinski definition) is 4. The van der Waals surface area contributed by atoms with Gasteiger partial charge in [-0.15, -0.1) is 12.4 Å². The normalized spacial score (nSPS) is 13.6. The molecule has 9 rings (SSSR count). The van der Waals surface area contributed by atoms with Crippen LogP contribution in [0.15, 0.2) is 115 Å². The van der Waals surface area contributed by atoms with E-state index in [0.29, 0.717) is 78.0 Å². The maximum absolute atomic E-state index is 14.5. The van der Waals surface area contributed by atoms with Gasteiger partial charge in [0.1, 0.15) is 23.2 Å². The van der Waals surface area contributed by atoms with E-state index in [9.17, 15) is 46.1 Å². The molecule has 2 aliphatic heterocycles. The van der Waals surface area contributed by atoms with Gasteiger partial charge in [-0.05, 0) is 90.8 Å². The van der Waals surface area contributed by atoms with Gasteiger partial charge in [0.25, 0.3) is 0 Å². The molecule has 76 heavy (non-hydrogen) atoms. The number of ketones is 1. The Hall–Kier alpha value is -7.19. The summed E-state index contributed by atoms with van der Waals surface area (Å²) in [6.07, 6.45) is -0.881. The third-order valence-electron chi connectivity index (χ3n) is 12.2. The number of Topliss-reactive ketones (excluding diaryl/α,β-unsaturated/α-hetero) is 1. The van der Waals surface area contributed by atoms with Crippen LogP contribution in [0.25, 0.3) is 11.4 Å². The Morgan fingerprint density at radius 3 is 1.57 bits per heavy atom. The molecule has 1 amide bonds. The molecule has 0 spiro atoms. The molecule has 2 saturated heterocycles. The van der Waals surface area contributed by atoms with E-state index >= 15 is 0 Å². The number of benzene rings is 5. The molecule has 5 aromatic carbocycles. The number of para-hydroxylation sites is 1. The van der Waals surface area contributed by atoms with Crippen molar-refractivity contribution in [3.8, 4) is 17.1 Å². The first-order valence-electron chi connectivity index (χ1n) is 24.2. The third-order valence-corrected chi connectivity index (χ3v) is 12.2. The Morgan fingerprint density at radius 1 is 0.618 bits per heavy atom. The van der Waals surface area contributed by atoms with Crippen molar-refractivity contribution in [3.05, 3.63) is 179 Å². The number of aromatic nitrogens is 4. The van der Waals surface area contributed by atoms with Crippen molar-refractivity contribution in [2.45, 2.75) is 90.4 Å². The minimum absolute atomic E-state index is 0. The molecule has 0 unspecified atom stereocenters. The van der Waals surface area contributed by atoms with E-state index in [4.69, 9.17) is 10.5 Å². The Balaban J connectivity index is 0.000000194. The summed E-state index contributed by atoms with van der Waals surface area (Å²) in [5.41, 5.74) is 11.0. The van der Waals surface area contributed by atoms with Crippen molar-refractivity contribution in [2.24, 2.45) is 5.73 Å². The zero-order chi connectivity index (χ0) is 54.4. The zero-order valence-corrected chi connectivity index (χ0v) is 43.7. The van der Waals surface area contributed by atoms with Crippen molar-refractivity contribution in [2.75, 3.05) is 41.3 Å². The van der Waals surface area contributed by atoms with Crippen LogP contribution in [-0.2, 0) is 35.0 Å². The maximum atomic E-state index is 14.5. The van der Waals surface area contributed by atoms with Crippen molar-refractivity contribution < 1.29 is 50.9 Å². The smallest absolute Gasteiger partial charge is 0.410 e. The Labute approximate surface area is 443 Å². The molecule has 2 aromatic heterocycles. The fraction of sp³-hybridized carbons (Fsp3) is 0.321. The number of aliphatic hydroxyl groups excluding tert-OH is 2. The summed E-state index contributed by atoms with van der Waals surface area (Å²) in [4.78, 5) is 27.9. The van der Waals surface area contributed by atoms with Gasteiger partial charge >= 0.3 is 6.09 Å². The number of nitrogens with two attached hydrogens (primary N) is 1. The first-order chi connectivity index (χ1) is 35.4. The highest BCUT2D eigenvalue weighted by atomic mass is 35.5. The van der Waals surface area contributed by atoms with E-state index < -0.39 is 53.2 Å². The fourth-order valence-corrected chi connectivity index (χ4v) is 7.96. The first-order valence-corrected chi connectivity index (χ1v) is 24.2. The van der Waals surface area contributed by atoms with Crippen LogP contribution in [0.5, 0.6) is 5.75 Å². The number of β-amino-alcohol motifs (C(OH)–C–C–N with tert-alkyl or cyclic N) is 2. The molecule has 2 aliphatic rings. The molecule has 2 fully saturated rings. The van der Waals surface area contributed by atoms with Gasteiger partial charge in [0, 0.05) is 79.9 Å². The second-order valence-corrected chi connectivity index (χ2v) is 20.4. The van der Waals surface area contributed by atoms with Crippen LogP contribution in [0.4, 0.5) is 48.2 Å². The Bertz CT molecular complexity index is 3130. The summed E-state index contributed by atoms with van der Waals surface area (Å²) < 4.78 is 90.2. The SMILES string of the molecule is CC(C)(C)c1cc(CCC(=O)Cc2ccc(N3CC(O)C3)c(F)c2)n(-c2ccc(F)c(F)c2)n1.CC(C)(C)c1cc(CN)n(-c2ccc(F)c(F)c2)n1.Cl.O=C(Nc1ccc(N2CC(O)C2)c(F)c1)Oc1ccccc1. The zero-order valence-electron chi connectivity index (χ0n) is 42.8. The number of ether oxygens (including phenoxy) is 1. The van der Waals surface area contributed by atoms with Gasteiger partial charge in [-0.2, -0.15) is 10.2 Å². The molecule has 404 valence electrons. The van der Waals surface area contributed by atoms with Gasteiger partial charge in [-0.1, -0.05) is 65.8 Å². The predicted molar refractivity (Wildman–Crippen MR) is 282 cm³/mol. The quantitative estimate of drug-likeness (QED) is 0.0866. The fourth-order valence-electron chi connectivity index (χ4n) is 7.96. The number of hydrogen-bond acceptors (Lipinski definition) is 10. The summed E-state index contributed by atoms with van der Waals surface area (Å²) in [6, 6.07) is 28.8. The van der Waals surface area contributed by atoms with Gasteiger partial charge < -0.3 is 30.5 Å². The number of aryl methyl sites for hydroxylation is 1. The molecule has 0 bridgehead atoms. The van der Waals surface area contributed by atoms with Gasteiger partial charge in [-0.3, -0.25) is 10.1 Å². The molecule has 20 heteroatoms. The Kier molecular flexibility index (Phi) is 18.8. The van der Waals surface area contributed by atoms with E-state index in [2.05, 4.69) is 15.5 Å². The number of amides is 1. The highest BCUT2D eigenvalue weighted by molar-refractivity contribution is 5.86. The number of halogens is 7.